The van der Waals surface area contributed by atoms with Gasteiger partial charge in [0.15, 0.2) is 0 Å². The number of nitrogen functional groups attached to an aromatic ring is 1. The van der Waals surface area contributed by atoms with Gasteiger partial charge in [-0.2, -0.15) is 5.10 Å². The second kappa shape index (κ2) is 5.98. The molecule has 0 radical (unpaired) electrons. The van der Waals surface area contributed by atoms with Crippen molar-refractivity contribution in [2.75, 3.05) is 5.73 Å². The van der Waals surface area contributed by atoms with Crippen LogP contribution in [0.25, 0.3) is 0 Å². The Kier molecular flexibility index (Phi) is 4.29. The molecule has 1 aromatic heterocycles. The molecule has 10 heteroatoms. The molecule has 0 aliphatic carbocycles. The predicted molar refractivity (Wildman–Crippen MR) is 77.3 cm³/mol. The third-order valence-electron chi connectivity index (χ3n) is 2.66. The highest BCUT2D eigenvalue weighted by molar-refractivity contribution is 6.44. The van der Waals surface area contributed by atoms with Crippen LogP contribution in [0.3, 0.4) is 0 Å². The Morgan fingerprint density at radius 3 is 2.76 bits per heavy atom. The number of benzene rings is 1. The van der Waals surface area contributed by atoms with E-state index in [0.717, 1.165) is 12.1 Å². The zero-order valence-electron chi connectivity index (χ0n) is 10.4. The van der Waals surface area contributed by atoms with Gasteiger partial charge in [0.05, 0.1) is 26.7 Å². The van der Waals surface area contributed by atoms with E-state index in [9.17, 15) is 14.9 Å². The number of nitro benzene ring substituents is 1. The molecular formula is C11H9Cl2N5O3. The van der Waals surface area contributed by atoms with Crippen LogP contribution in [0.15, 0.2) is 18.3 Å². The van der Waals surface area contributed by atoms with Gasteiger partial charge in [0.2, 0.25) is 0 Å². The van der Waals surface area contributed by atoms with Gasteiger partial charge in [-0.1, -0.05) is 23.2 Å². The number of carbonyl (C=O) groups excluding carboxylic acids is 1. The number of rotatable bonds is 4. The summed E-state index contributed by atoms with van der Waals surface area (Å²) in [6, 6.07) is 2.14. The Hall–Kier alpha value is -2.32. The molecule has 0 saturated carbocycles. The first-order chi connectivity index (χ1) is 9.90. The van der Waals surface area contributed by atoms with E-state index in [2.05, 4.69) is 15.5 Å². The van der Waals surface area contributed by atoms with Gasteiger partial charge in [0.1, 0.15) is 5.82 Å². The molecule has 0 aliphatic heterocycles. The molecule has 1 heterocycles. The van der Waals surface area contributed by atoms with Crippen molar-refractivity contribution in [3.63, 3.8) is 0 Å². The van der Waals surface area contributed by atoms with E-state index in [-0.39, 0.29) is 27.8 Å². The minimum absolute atomic E-state index is 0.0556. The molecule has 0 spiro atoms. The van der Waals surface area contributed by atoms with E-state index >= 15 is 0 Å². The van der Waals surface area contributed by atoms with Crippen LogP contribution in [0.5, 0.6) is 0 Å². The first kappa shape index (κ1) is 15.1. The van der Waals surface area contributed by atoms with Crippen LogP contribution >= 0.6 is 23.2 Å². The Labute approximate surface area is 128 Å². The number of halogens is 2. The largest absolute Gasteiger partial charge is 0.384 e. The second-order valence-electron chi connectivity index (χ2n) is 4.04. The Morgan fingerprint density at radius 2 is 2.19 bits per heavy atom. The molecule has 0 bridgehead atoms. The number of anilines is 1. The summed E-state index contributed by atoms with van der Waals surface area (Å²) in [5.74, 6) is -0.287. The van der Waals surface area contributed by atoms with Gasteiger partial charge < -0.3 is 11.1 Å². The number of nitro groups is 1. The number of amides is 1. The number of nitrogens with one attached hydrogen (secondary N) is 2. The summed E-state index contributed by atoms with van der Waals surface area (Å²) >= 11 is 11.7. The van der Waals surface area contributed by atoms with Crippen molar-refractivity contribution >= 4 is 40.6 Å². The van der Waals surface area contributed by atoms with Gasteiger partial charge in [-0.05, 0) is 0 Å². The molecular weight excluding hydrogens is 321 g/mol. The molecule has 4 N–H and O–H groups in total. The Balaban J connectivity index is 2.22. The van der Waals surface area contributed by atoms with Crippen molar-refractivity contribution < 1.29 is 9.72 Å². The van der Waals surface area contributed by atoms with Crippen molar-refractivity contribution in [2.24, 2.45) is 0 Å². The zero-order chi connectivity index (χ0) is 15.6. The number of aromatic nitrogens is 2. The third-order valence-corrected chi connectivity index (χ3v) is 3.46. The lowest BCUT2D eigenvalue weighted by atomic mass is 10.2. The van der Waals surface area contributed by atoms with Crippen molar-refractivity contribution in [2.45, 2.75) is 6.54 Å². The summed E-state index contributed by atoms with van der Waals surface area (Å²) in [5, 5.41) is 19.4. The fourth-order valence-electron chi connectivity index (χ4n) is 1.58. The SMILES string of the molecule is Nc1[nH]ncc1CNC(=O)c1cc([N+](=O)[O-])cc(Cl)c1Cl. The average molecular weight is 330 g/mol. The summed E-state index contributed by atoms with van der Waals surface area (Å²) in [5.41, 5.74) is 5.75. The first-order valence-corrected chi connectivity index (χ1v) is 6.35. The summed E-state index contributed by atoms with van der Waals surface area (Å²) in [6.07, 6.45) is 1.46. The summed E-state index contributed by atoms with van der Waals surface area (Å²) in [7, 11) is 0. The summed E-state index contributed by atoms with van der Waals surface area (Å²) < 4.78 is 0. The molecule has 2 rings (SSSR count). The Morgan fingerprint density at radius 1 is 1.48 bits per heavy atom. The fraction of sp³-hybridized carbons (Fsp3) is 0.0909. The van der Waals surface area contributed by atoms with Crippen molar-refractivity contribution in [3.8, 4) is 0 Å². The normalized spacial score (nSPS) is 10.4. The van der Waals surface area contributed by atoms with Gasteiger partial charge in [-0.25, -0.2) is 0 Å². The molecule has 1 aromatic carbocycles. The van der Waals surface area contributed by atoms with Gasteiger partial charge in [0, 0.05) is 24.2 Å². The maximum Gasteiger partial charge on any atom is 0.271 e. The highest BCUT2D eigenvalue weighted by atomic mass is 35.5. The minimum atomic E-state index is -0.660. The van der Waals surface area contributed by atoms with Crippen LogP contribution in [-0.2, 0) is 6.54 Å². The molecule has 0 unspecified atom stereocenters. The second-order valence-corrected chi connectivity index (χ2v) is 4.82. The van der Waals surface area contributed by atoms with Crippen LogP contribution in [0, 0.1) is 10.1 Å². The van der Waals surface area contributed by atoms with Gasteiger partial charge in [0.25, 0.3) is 11.6 Å². The van der Waals surface area contributed by atoms with E-state index in [0.29, 0.717) is 11.4 Å². The van der Waals surface area contributed by atoms with Crippen LogP contribution in [0.4, 0.5) is 11.5 Å². The van der Waals surface area contributed by atoms with Crippen LogP contribution in [0.2, 0.25) is 10.0 Å². The average Bonchev–Trinajstić information content (AvgIpc) is 2.84. The third kappa shape index (κ3) is 3.23. The van der Waals surface area contributed by atoms with Crippen LogP contribution < -0.4 is 11.1 Å². The number of hydrogen-bond acceptors (Lipinski definition) is 5. The lowest BCUT2D eigenvalue weighted by Gasteiger charge is -2.07. The Bertz CT molecular complexity index is 716. The highest BCUT2D eigenvalue weighted by Crippen LogP contribution is 2.30. The number of aromatic amines is 1. The number of carbonyl (C=O) groups is 1. The number of nitrogens with zero attached hydrogens (tertiary/aromatic N) is 2. The molecule has 0 fully saturated rings. The molecule has 8 nitrogen and oxygen atoms in total. The van der Waals surface area contributed by atoms with Gasteiger partial charge in [-0.3, -0.25) is 20.0 Å². The van der Waals surface area contributed by atoms with Gasteiger partial charge >= 0.3 is 0 Å². The molecule has 0 aliphatic rings. The van der Waals surface area contributed by atoms with Crippen LogP contribution in [-0.4, -0.2) is 21.0 Å². The topological polar surface area (TPSA) is 127 Å². The van der Waals surface area contributed by atoms with E-state index in [4.69, 9.17) is 28.9 Å². The highest BCUT2D eigenvalue weighted by Gasteiger charge is 2.19. The van der Waals surface area contributed by atoms with Gasteiger partial charge in [-0.15, -0.1) is 0 Å². The first-order valence-electron chi connectivity index (χ1n) is 5.59. The number of H-pyrrole nitrogens is 1. The van der Waals surface area contributed by atoms with Crippen molar-refractivity contribution in [1.29, 1.82) is 0 Å². The molecule has 21 heavy (non-hydrogen) atoms. The summed E-state index contributed by atoms with van der Waals surface area (Å²) in [6.45, 7) is 0.0950. The lowest BCUT2D eigenvalue weighted by molar-refractivity contribution is -0.384. The maximum absolute atomic E-state index is 12.1. The van der Waals surface area contributed by atoms with E-state index in [1.54, 1.807) is 0 Å². The maximum atomic E-state index is 12.1. The van der Waals surface area contributed by atoms with E-state index in [1.807, 2.05) is 0 Å². The van der Waals surface area contributed by atoms with E-state index < -0.39 is 10.8 Å². The van der Waals surface area contributed by atoms with Crippen molar-refractivity contribution in [1.82, 2.24) is 15.5 Å². The fourth-order valence-corrected chi connectivity index (χ4v) is 1.99. The standard InChI is InChI=1S/C11H9Cl2N5O3/c12-8-2-6(18(20)21)1-7(9(8)13)11(19)15-3-5-4-16-17-10(5)14/h1-2,4H,3H2,(H,15,19)(H3,14,16,17). The number of hydrogen-bond donors (Lipinski definition) is 3. The quantitative estimate of drug-likeness (QED) is 0.584. The monoisotopic (exact) mass is 329 g/mol. The molecule has 1 amide bonds. The number of non-ortho nitro benzene ring substituents is 1. The lowest BCUT2D eigenvalue weighted by Crippen LogP contribution is -2.23. The minimum Gasteiger partial charge on any atom is -0.384 e. The predicted octanol–water partition coefficient (Wildman–Crippen LogP) is 2.14. The molecule has 0 saturated heterocycles. The smallest absolute Gasteiger partial charge is 0.271 e. The molecule has 2 aromatic rings. The summed E-state index contributed by atoms with van der Waals surface area (Å²) in [4.78, 5) is 22.2. The molecule has 110 valence electrons. The zero-order valence-corrected chi connectivity index (χ0v) is 11.9. The van der Waals surface area contributed by atoms with Crippen molar-refractivity contribution in [3.05, 3.63) is 49.6 Å². The number of nitrogens with two attached hydrogens (primary N) is 1. The van der Waals surface area contributed by atoms with E-state index in [1.165, 1.54) is 6.20 Å². The molecule has 0 atom stereocenters. The van der Waals surface area contributed by atoms with Crippen LogP contribution in [0.1, 0.15) is 15.9 Å².